The first-order valence-corrected chi connectivity index (χ1v) is 5.85. The van der Waals surface area contributed by atoms with Crippen LogP contribution in [0.2, 0.25) is 0 Å². The second kappa shape index (κ2) is 4.39. The van der Waals surface area contributed by atoms with Crippen LogP contribution in [-0.2, 0) is 0 Å². The molecule has 1 aromatic heterocycles. The van der Waals surface area contributed by atoms with Gasteiger partial charge in [0.05, 0.1) is 7.85 Å². The molecule has 1 aromatic carbocycles. The first-order valence-electron chi connectivity index (χ1n) is 5.85. The van der Waals surface area contributed by atoms with E-state index in [0.29, 0.717) is 0 Å². The molecule has 4 radical (unpaired) electrons. The van der Waals surface area contributed by atoms with Crippen LogP contribution in [0.15, 0.2) is 30.5 Å². The Morgan fingerprint density at radius 1 is 1.33 bits per heavy atom. The highest BCUT2D eigenvalue weighted by molar-refractivity contribution is 6.23. The van der Waals surface area contributed by atoms with Gasteiger partial charge in [-0.15, -0.1) is 0 Å². The Balaban J connectivity index is 2.49. The Labute approximate surface area is 110 Å². The molecule has 0 fully saturated rings. The van der Waals surface area contributed by atoms with Crippen molar-refractivity contribution in [1.82, 2.24) is 9.47 Å². The van der Waals surface area contributed by atoms with Crippen LogP contribution in [0.4, 0.5) is 0 Å². The van der Waals surface area contributed by atoms with Gasteiger partial charge >= 0.3 is 0 Å². The van der Waals surface area contributed by atoms with Gasteiger partial charge in [-0.25, -0.2) is 0 Å². The average molecular weight is 238 g/mol. The van der Waals surface area contributed by atoms with Gasteiger partial charge in [0.1, 0.15) is 13.6 Å². The third-order valence-corrected chi connectivity index (χ3v) is 3.57. The molecule has 1 heterocycles. The van der Waals surface area contributed by atoms with Crippen LogP contribution in [0.25, 0.3) is 10.9 Å². The highest BCUT2D eigenvalue weighted by Crippen LogP contribution is 2.28. The molecule has 0 aliphatic heterocycles. The van der Waals surface area contributed by atoms with Crippen molar-refractivity contribution in [2.75, 3.05) is 14.1 Å². The Hall–Kier alpha value is -1.35. The fourth-order valence-corrected chi connectivity index (χ4v) is 1.94. The predicted octanol–water partition coefficient (Wildman–Crippen LogP) is 1.46. The highest BCUT2D eigenvalue weighted by atomic mass is 16.3. The van der Waals surface area contributed by atoms with Crippen molar-refractivity contribution in [3.63, 3.8) is 0 Å². The van der Waals surface area contributed by atoms with Gasteiger partial charge in [0.25, 0.3) is 0 Å². The largest absolute Gasteiger partial charge is 0.508 e. The monoisotopic (exact) mass is 238 g/mol. The van der Waals surface area contributed by atoms with Crippen molar-refractivity contribution >= 4 is 26.6 Å². The summed E-state index contributed by atoms with van der Waals surface area (Å²) in [5.41, 5.74) is 0.294. The molecule has 0 aliphatic carbocycles. The van der Waals surface area contributed by atoms with Crippen molar-refractivity contribution in [1.29, 1.82) is 0 Å². The molecule has 0 spiro atoms. The summed E-state index contributed by atoms with van der Waals surface area (Å²) < 4.78 is 1.93. The minimum atomic E-state index is -0.663. The topological polar surface area (TPSA) is 28.4 Å². The maximum atomic E-state index is 9.45. The molecule has 1 unspecified atom stereocenters. The zero-order chi connectivity index (χ0) is 13.5. The third-order valence-electron chi connectivity index (χ3n) is 3.57. The average Bonchev–Trinajstić information content (AvgIpc) is 2.70. The van der Waals surface area contributed by atoms with E-state index in [-0.39, 0.29) is 11.7 Å². The summed E-state index contributed by atoms with van der Waals surface area (Å²) in [6.45, 7) is 1.89. The summed E-state index contributed by atoms with van der Waals surface area (Å²) in [5, 5.41) is 10.4. The van der Waals surface area contributed by atoms with Crippen LogP contribution < -0.4 is 0 Å². The number of hydrogen-bond acceptors (Lipinski definition) is 2. The van der Waals surface area contributed by atoms with E-state index < -0.39 is 5.44 Å². The van der Waals surface area contributed by atoms with E-state index in [1.165, 1.54) is 0 Å². The third kappa shape index (κ3) is 2.03. The van der Waals surface area contributed by atoms with E-state index >= 15 is 0 Å². The minimum absolute atomic E-state index is 0.247. The molecule has 2 atom stereocenters. The van der Waals surface area contributed by atoms with Crippen LogP contribution >= 0.6 is 0 Å². The van der Waals surface area contributed by atoms with E-state index in [0.717, 1.165) is 10.9 Å². The number of aromatic hydroxyl groups is 1. The van der Waals surface area contributed by atoms with E-state index in [1.54, 1.807) is 12.1 Å². The molecular formula is C13H16B2N2O. The molecule has 18 heavy (non-hydrogen) atoms. The first kappa shape index (κ1) is 13.1. The summed E-state index contributed by atoms with van der Waals surface area (Å²) in [4.78, 5) is 1.89. The summed E-state index contributed by atoms with van der Waals surface area (Å²) in [7, 11) is 16.3. The Bertz CT molecular complexity index is 563. The molecule has 0 bridgehead atoms. The number of rotatable bonds is 3. The second-order valence-electron chi connectivity index (χ2n) is 5.03. The highest BCUT2D eigenvalue weighted by Gasteiger charge is 2.28. The fraction of sp³-hybridized carbons (Fsp3) is 0.385. The second-order valence-corrected chi connectivity index (χ2v) is 5.03. The van der Waals surface area contributed by atoms with Crippen LogP contribution in [0.3, 0.4) is 0 Å². The number of fused-ring (bicyclic) bond motifs is 1. The minimum Gasteiger partial charge on any atom is -0.508 e. The van der Waals surface area contributed by atoms with E-state index in [9.17, 15) is 5.11 Å². The number of hydrogen-bond donors (Lipinski definition) is 1. The van der Waals surface area contributed by atoms with Gasteiger partial charge in [0, 0.05) is 23.0 Å². The van der Waals surface area contributed by atoms with Crippen molar-refractivity contribution in [3.8, 4) is 5.75 Å². The lowest BCUT2D eigenvalue weighted by atomic mass is 9.64. The lowest BCUT2D eigenvalue weighted by Crippen LogP contribution is -2.49. The first-order chi connectivity index (χ1) is 8.34. The standard InChI is InChI=1S/C13H16B2N2O/c1-13(15,16(2)3)12(14)17-7-6-9-8-10(18)4-5-11(9)17/h4-8,12,18H,1-3H3/t12?,13-/m1/s1. The Kier molecular flexibility index (Phi) is 3.19. The smallest absolute Gasteiger partial charge is 0.116 e. The lowest BCUT2D eigenvalue weighted by molar-refractivity contribution is 0.232. The summed E-state index contributed by atoms with van der Waals surface area (Å²) in [6.07, 6.45) is 1.89. The van der Waals surface area contributed by atoms with Crippen molar-refractivity contribution in [2.45, 2.75) is 18.3 Å². The van der Waals surface area contributed by atoms with E-state index in [4.69, 9.17) is 15.7 Å². The Morgan fingerprint density at radius 3 is 2.61 bits per heavy atom. The number of aromatic nitrogens is 1. The summed E-state index contributed by atoms with van der Waals surface area (Å²) in [5.74, 6) is -0.133. The molecule has 2 aromatic rings. The maximum absolute atomic E-state index is 9.45. The molecule has 5 heteroatoms. The van der Waals surface area contributed by atoms with Crippen molar-refractivity contribution < 1.29 is 5.11 Å². The normalized spacial score (nSPS) is 16.9. The molecule has 90 valence electrons. The number of benzene rings is 1. The molecule has 0 amide bonds. The van der Waals surface area contributed by atoms with Crippen LogP contribution in [-0.4, -0.2) is 49.8 Å². The Morgan fingerprint density at radius 2 is 2.00 bits per heavy atom. The molecule has 0 saturated heterocycles. The number of nitrogens with zero attached hydrogens (tertiary/aromatic N) is 2. The van der Waals surface area contributed by atoms with Crippen LogP contribution in [0.5, 0.6) is 5.75 Å². The van der Waals surface area contributed by atoms with Crippen molar-refractivity contribution in [3.05, 3.63) is 30.5 Å². The zero-order valence-electron chi connectivity index (χ0n) is 11.0. The van der Waals surface area contributed by atoms with E-state index in [2.05, 4.69) is 0 Å². The molecule has 1 N–H and O–H groups in total. The quantitative estimate of drug-likeness (QED) is 0.820. The molecule has 3 nitrogen and oxygen atoms in total. The number of phenolic OH excluding ortho intramolecular Hbond substituents is 1. The summed E-state index contributed by atoms with van der Waals surface area (Å²) in [6, 6.07) is 7.12. The van der Waals surface area contributed by atoms with Gasteiger partial charge in [-0.1, -0.05) is 6.92 Å². The van der Waals surface area contributed by atoms with E-state index in [1.807, 2.05) is 48.8 Å². The molecule has 2 rings (SSSR count). The summed E-state index contributed by atoms with van der Waals surface area (Å²) >= 11 is 0. The zero-order valence-corrected chi connectivity index (χ0v) is 11.0. The number of phenols is 1. The molecule has 0 aliphatic rings. The van der Waals surface area contributed by atoms with Gasteiger partial charge in [-0.2, -0.15) is 0 Å². The fourth-order valence-electron chi connectivity index (χ4n) is 1.94. The predicted molar refractivity (Wildman–Crippen MR) is 76.2 cm³/mol. The van der Waals surface area contributed by atoms with Crippen LogP contribution in [0, 0.1) is 0 Å². The van der Waals surface area contributed by atoms with Gasteiger partial charge in [0.15, 0.2) is 0 Å². The van der Waals surface area contributed by atoms with Gasteiger partial charge < -0.3 is 14.6 Å². The molecule has 0 saturated carbocycles. The van der Waals surface area contributed by atoms with Gasteiger partial charge in [0.2, 0.25) is 0 Å². The van der Waals surface area contributed by atoms with Crippen LogP contribution in [0.1, 0.15) is 12.9 Å². The molecular weight excluding hydrogens is 222 g/mol. The van der Waals surface area contributed by atoms with Gasteiger partial charge in [-0.3, -0.25) is 0 Å². The maximum Gasteiger partial charge on any atom is 0.116 e. The lowest BCUT2D eigenvalue weighted by Gasteiger charge is -2.40. The van der Waals surface area contributed by atoms with Gasteiger partial charge in [-0.05, 0) is 43.8 Å². The van der Waals surface area contributed by atoms with Crippen molar-refractivity contribution in [2.24, 2.45) is 0 Å². The number of likely N-dealkylation sites (N-methyl/N-ethyl adjacent to an activating group) is 1. The SMILES string of the molecule is [B]C(n1ccc2cc(O)ccc21)[C@@]([B])(C)N(C)C.